The summed E-state index contributed by atoms with van der Waals surface area (Å²) < 4.78 is 27.7. The molecular weight excluding hydrogens is 688 g/mol. The van der Waals surface area contributed by atoms with E-state index in [1.165, 1.54) is 84.0 Å². The maximum absolute atomic E-state index is 13.8. The molecule has 1 aliphatic heterocycles. The summed E-state index contributed by atoms with van der Waals surface area (Å²) in [6.07, 6.45) is -1.23. The van der Waals surface area contributed by atoms with E-state index in [-0.39, 0.29) is 63.7 Å². The van der Waals surface area contributed by atoms with Crippen molar-refractivity contribution in [2.75, 3.05) is 0 Å². The smallest absolute Gasteiger partial charge is 0.308 e. The minimum absolute atomic E-state index is 0.00949. The van der Waals surface area contributed by atoms with Crippen LogP contribution in [0, 0.1) is 5.92 Å². The SMILES string of the molecule is CC(=O)Oc1ccc([C@H]2OC3=CC(=O)C[C@@H](c4ccc(OC(C)=O)c(OC(C)=O)c4)[C@@H]4c5cc(C(C)=O)cc(C(C)=O)c5[C@H](C34)[C@@H]2O)cc1OC(C)=O. The number of esters is 4. The first kappa shape index (κ1) is 36.8. The van der Waals surface area contributed by atoms with Crippen LogP contribution in [0.25, 0.3) is 0 Å². The predicted octanol–water partition coefficient (Wildman–Crippen LogP) is 5.36. The van der Waals surface area contributed by atoms with Crippen LogP contribution in [0.3, 0.4) is 0 Å². The fourth-order valence-corrected chi connectivity index (χ4v) is 7.79. The zero-order chi connectivity index (χ0) is 38.5. The van der Waals surface area contributed by atoms with Gasteiger partial charge in [0.05, 0.1) is 0 Å². The van der Waals surface area contributed by atoms with Crippen LogP contribution in [0.15, 0.2) is 60.4 Å². The Balaban J connectivity index is 1.56. The molecule has 13 heteroatoms. The van der Waals surface area contributed by atoms with E-state index in [0.717, 1.165) is 0 Å². The van der Waals surface area contributed by atoms with Gasteiger partial charge in [0.2, 0.25) is 0 Å². The van der Waals surface area contributed by atoms with E-state index in [1.54, 1.807) is 12.1 Å². The monoisotopic (exact) mass is 724 g/mol. The van der Waals surface area contributed by atoms with Crippen LogP contribution in [0.4, 0.5) is 0 Å². The van der Waals surface area contributed by atoms with Crippen molar-refractivity contribution in [2.45, 2.75) is 77.9 Å². The van der Waals surface area contributed by atoms with Crippen molar-refractivity contribution in [2.24, 2.45) is 5.92 Å². The van der Waals surface area contributed by atoms with Gasteiger partial charge in [-0.15, -0.1) is 0 Å². The summed E-state index contributed by atoms with van der Waals surface area (Å²) in [6, 6.07) is 12.1. The summed E-state index contributed by atoms with van der Waals surface area (Å²) in [5, 5.41) is 12.3. The largest absolute Gasteiger partial charge is 0.487 e. The lowest BCUT2D eigenvalue weighted by molar-refractivity contribution is -0.134. The number of benzene rings is 3. The molecule has 0 spiro atoms. The van der Waals surface area contributed by atoms with Crippen LogP contribution in [0.5, 0.6) is 23.0 Å². The molecule has 3 aliphatic rings. The van der Waals surface area contributed by atoms with E-state index >= 15 is 0 Å². The lowest BCUT2D eigenvalue weighted by Gasteiger charge is -2.42. The van der Waals surface area contributed by atoms with Crippen LogP contribution in [-0.4, -0.2) is 52.4 Å². The van der Waals surface area contributed by atoms with Gasteiger partial charge in [0.1, 0.15) is 18.0 Å². The third-order valence-corrected chi connectivity index (χ3v) is 9.60. The second-order valence-corrected chi connectivity index (χ2v) is 13.4. The number of rotatable bonds is 8. The number of fused-ring (bicyclic) bond motifs is 3. The molecule has 6 rings (SSSR count). The van der Waals surface area contributed by atoms with Crippen molar-refractivity contribution >= 4 is 41.2 Å². The number of allylic oxidation sites excluding steroid dienone is 2. The van der Waals surface area contributed by atoms with Gasteiger partial charge < -0.3 is 28.8 Å². The molecule has 6 atom stereocenters. The van der Waals surface area contributed by atoms with Crippen LogP contribution in [0.2, 0.25) is 0 Å². The summed E-state index contributed by atoms with van der Waals surface area (Å²) in [5.41, 5.74) is 2.40. The Morgan fingerprint density at radius 3 is 1.70 bits per heavy atom. The highest BCUT2D eigenvalue weighted by Gasteiger charge is 2.57. The van der Waals surface area contributed by atoms with Crippen LogP contribution in [0.1, 0.15) is 115 Å². The van der Waals surface area contributed by atoms with Crippen LogP contribution >= 0.6 is 0 Å². The minimum Gasteiger partial charge on any atom is -0.487 e. The van der Waals surface area contributed by atoms with Gasteiger partial charge >= 0.3 is 23.9 Å². The maximum Gasteiger partial charge on any atom is 0.308 e. The third kappa shape index (κ3) is 7.12. The van der Waals surface area contributed by atoms with Gasteiger partial charge in [-0.05, 0) is 78.4 Å². The van der Waals surface area contributed by atoms with Crippen molar-refractivity contribution < 1.29 is 62.4 Å². The van der Waals surface area contributed by atoms with Gasteiger partial charge in [-0.2, -0.15) is 0 Å². The molecule has 53 heavy (non-hydrogen) atoms. The number of ketones is 3. The van der Waals surface area contributed by atoms with E-state index in [2.05, 4.69) is 0 Å². The van der Waals surface area contributed by atoms with Crippen LogP contribution < -0.4 is 18.9 Å². The summed E-state index contributed by atoms with van der Waals surface area (Å²) in [5.74, 6) is -6.48. The Morgan fingerprint density at radius 1 is 0.642 bits per heavy atom. The normalized spacial score (nSPS) is 22.5. The Labute approximate surface area is 303 Å². The topological polar surface area (TPSA) is 186 Å². The number of Topliss-reactive ketones (excluding diaryl/α,β-unsaturated/α-hetero) is 2. The highest BCUT2D eigenvalue weighted by molar-refractivity contribution is 6.02. The molecule has 0 bridgehead atoms. The lowest BCUT2D eigenvalue weighted by Crippen LogP contribution is -2.39. The maximum atomic E-state index is 13.8. The Hall–Kier alpha value is -5.95. The molecule has 2 aliphatic carbocycles. The zero-order valence-electron chi connectivity index (χ0n) is 29.7. The average Bonchev–Trinajstić information content (AvgIpc) is 3.32. The molecule has 274 valence electrons. The van der Waals surface area contributed by atoms with Gasteiger partial charge in [-0.1, -0.05) is 12.1 Å². The number of ether oxygens (including phenoxy) is 5. The summed E-state index contributed by atoms with van der Waals surface area (Å²) >= 11 is 0. The predicted molar refractivity (Wildman–Crippen MR) is 184 cm³/mol. The zero-order valence-corrected chi connectivity index (χ0v) is 29.7. The summed E-state index contributed by atoms with van der Waals surface area (Å²) in [4.78, 5) is 87.6. The number of carbonyl (C=O) groups is 7. The van der Waals surface area contributed by atoms with Gasteiger partial charge in [-0.25, -0.2) is 0 Å². The summed E-state index contributed by atoms with van der Waals surface area (Å²) in [6.45, 7) is 7.49. The molecule has 1 fully saturated rings. The van der Waals surface area contributed by atoms with Gasteiger partial charge in [-0.3, -0.25) is 33.6 Å². The number of hydrogen-bond donors (Lipinski definition) is 1. The standard InChI is InChI=1S/C40H36O13/c1-17(41)25-11-27(18(2)42)35-29(12-25)36-28(23-7-9-30(49-19(3)43)32(13-23)51-21(5)45)15-26(47)16-34-37(36)38(35)39(48)40(53-34)24-8-10-31(50-20(4)44)33(14-24)52-22(6)46/h7-14,16,28,36-40,48H,15H2,1-6H3/t28-,36+,37?,38+,39-,40+/m0/s1. The first-order valence-electron chi connectivity index (χ1n) is 16.8. The van der Waals surface area contributed by atoms with E-state index in [9.17, 15) is 38.7 Å². The molecule has 1 heterocycles. The third-order valence-electron chi connectivity index (χ3n) is 9.60. The molecule has 0 amide bonds. The fourth-order valence-electron chi connectivity index (χ4n) is 7.79. The van der Waals surface area contributed by atoms with Crippen molar-refractivity contribution in [1.29, 1.82) is 0 Å². The quantitative estimate of drug-likeness (QED) is 0.178. The first-order valence-corrected chi connectivity index (χ1v) is 16.8. The number of aliphatic hydroxyl groups is 1. The van der Waals surface area contributed by atoms with E-state index in [1.807, 2.05) is 0 Å². The average molecular weight is 725 g/mol. The van der Waals surface area contributed by atoms with Crippen molar-refractivity contribution in [3.05, 3.63) is 93.7 Å². The van der Waals surface area contributed by atoms with Gasteiger partial charge in [0.15, 0.2) is 40.3 Å². The fraction of sp³-hybridized carbons (Fsp3) is 0.325. The Morgan fingerprint density at radius 2 is 1.17 bits per heavy atom. The highest BCUT2D eigenvalue weighted by Crippen LogP contribution is 2.63. The van der Waals surface area contributed by atoms with E-state index in [4.69, 9.17) is 23.7 Å². The molecule has 3 aromatic carbocycles. The van der Waals surface area contributed by atoms with Crippen LogP contribution in [-0.2, 0) is 28.7 Å². The molecule has 1 N–H and O–H groups in total. The number of aliphatic hydroxyl groups excluding tert-OH is 1. The second kappa shape index (κ2) is 14.2. The van der Waals surface area contributed by atoms with Gasteiger partial charge in [0.25, 0.3) is 0 Å². The molecule has 0 radical (unpaired) electrons. The molecule has 1 unspecified atom stereocenters. The Bertz CT molecular complexity index is 2140. The van der Waals surface area contributed by atoms with Crippen molar-refractivity contribution in [3.8, 4) is 23.0 Å². The highest BCUT2D eigenvalue weighted by atomic mass is 16.6. The molecule has 1 saturated heterocycles. The Kier molecular flexibility index (Phi) is 9.89. The van der Waals surface area contributed by atoms with E-state index in [0.29, 0.717) is 22.3 Å². The molecular formula is C40H36O13. The van der Waals surface area contributed by atoms with Crippen molar-refractivity contribution in [1.82, 2.24) is 0 Å². The first-order chi connectivity index (χ1) is 25.0. The molecule has 3 aromatic rings. The second-order valence-electron chi connectivity index (χ2n) is 13.4. The van der Waals surface area contributed by atoms with Gasteiger partial charge in [0, 0.05) is 69.1 Å². The molecule has 0 aromatic heterocycles. The summed E-state index contributed by atoms with van der Waals surface area (Å²) in [7, 11) is 0. The molecule has 0 saturated carbocycles. The molecule has 13 nitrogen and oxygen atoms in total. The number of carbonyl (C=O) groups excluding carboxylic acids is 7. The van der Waals surface area contributed by atoms with E-state index < -0.39 is 59.8 Å². The van der Waals surface area contributed by atoms with Crippen molar-refractivity contribution in [3.63, 3.8) is 0 Å². The number of hydrogen-bond acceptors (Lipinski definition) is 13. The lowest BCUT2D eigenvalue weighted by atomic mass is 9.71. The minimum atomic E-state index is -1.36.